The van der Waals surface area contributed by atoms with Gasteiger partial charge in [0.25, 0.3) is 0 Å². The van der Waals surface area contributed by atoms with Crippen molar-refractivity contribution >= 4 is 46.7 Å². The first kappa shape index (κ1) is 19.3. The monoisotopic (exact) mass is 395 g/mol. The van der Waals surface area contributed by atoms with Crippen LogP contribution in [0.4, 0.5) is 4.39 Å². The van der Waals surface area contributed by atoms with Crippen molar-refractivity contribution in [3.05, 3.63) is 34.6 Å². The van der Waals surface area contributed by atoms with Crippen LogP contribution in [0.25, 0.3) is 0 Å². The summed E-state index contributed by atoms with van der Waals surface area (Å²) in [5, 5.41) is -0.0718. The van der Waals surface area contributed by atoms with Crippen molar-refractivity contribution in [2.24, 2.45) is 11.7 Å². The van der Waals surface area contributed by atoms with E-state index in [2.05, 4.69) is 0 Å². The van der Waals surface area contributed by atoms with Gasteiger partial charge in [0.15, 0.2) is 0 Å². The van der Waals surface area contributed by atoms with Gasteiger partial charge < -0.3 is 10.5 Å². The summed E-state index contributed by atoms with van der Waals surface area (Å²) in [6, 6.07) is 4.07. The number of carbonyl (C=O) groups excluding carboxylic acids is 2. The van der Waals surface area contributed by atoms with Crippen LogP contribution in [0.1, 0.15) is 38.2 Å². The van der Waals surface area contributed by atoms with E-state index in [1.165, 1.54) is 18.2 Å². The van der Waals surface area contributed by atoms with Crippen molar-refractivity contribution in [3.8, 4) is 0 Å². The normalized spacial score (nSPS) is 22.1. The SMILES string of the molecule is CC(C)(CCC(N)=O)OC(=O)[C@H]1[C@H](c2ccc(F)c(Cl)c2)C1(Cl)Cl. The van der Waals surface area contributed by atoms with Crippen molar-refractivity contribution in [1.29, 1.82) is 0 Å². The Labute approximate surface area is 154 Å². The van der Waals surface area contributed by atoms with E-state index in [0.717, 1.165) is 0 Å². The molecule has 132 valence electrons. The molecule has 1 aliphatic rings. The van der Waals surface area contributed by atoms with Crippen molar-refractivity contribution in [3.63, 3.8) is 0 Å². The van der Waals surface area contributed by atoms with E-state index in [0.29, 0.717) is 5.56 Å². The van der Waals surface area contributed by atoms with Crippen LogP contribution in [0.2, 0.25) is 5.02 Å². The molecule has 2 N–H and O–H groups in total. The van der Waals surface area contributed by atoms with Gasteiger partial charge in [0, 0.05) is 12.3 Å². The van der Waals surface area contributed by atoms with E-state index in [4.69, 9.17) is 45.3 Å². The molecule has 1 aliphatic carbocycles. The zero-order chi connectivity index (χ0) is 18.3. The number of nitrogens with two attached hydrogens (primary N) is 1. The summed E-state index contributed by atoms with van der Waals surface area (Å²) >= 11 is 18.2. The largest absolute Gasteiger partial charge is 0.459 e. The maximum Gasteiger partial charge on any atom is 0.313 e. The second kappa shape index (κ2) is 6.70. The fourth-order valence-electron chi connectivity index (χ4n) is 2.55. The average molecular weight is 397 g/mol. The van der Waals surface area contributed by atoms with E-state index in [9.17, 15) is 14.0 Å². The third-order valence-corrected chi connectivity index (χ3v) is 5.19. The number of carbonyl (C=O) groups is 2. The molecule has 0 radical (unpaired) electrons. The number of halogens is 4. The van der Waals surface area contributed by atoms with Gasteiger partial charge in [-0.25, -0.2) is 4.39 Å². The summed E-state index contributed by atoms with van der Waals surface area (Å²) in [7, 11) is 0. The fourth-order valence-corrected chi connectivity index (χ4v) is 3.55. The zero-order valence-electron chi connectivity index (χ0n) is 13.1. The van der Waals surface area contributed by atoms with Crippen molar-refractivity contribution in [2.75, 3.05) is 0 Å². The number of hydrogen-bond acceptors (Lipinski definition) is 3. The Morgan fingerprint density at radius 2 is 2.00 bits per heavy atom. The van der Waals surface area contributed by atoms with Crippen LogP contribution in [0, 0.1) is 11.7 Å². The third kappa shape index (κ3) is 4.13. The third-order valence-electron chi connectivity index (χ3n) is 3.96. The van der Waals surface area contributed by atoms with E-state index in [1.807, 2.05) is 0 Å². The topological polar surface area (TPSA) is 69.4 Å². The van der Waals surface area contributed by atoms with Crippen LogP contribution in [-0.4, -0.2) is 21.8 Å². The Bertz CT molecular complexity index is 679. The highest BCUT2D eigenvalue weighted by atomic mass is 35.5. The standard InChI is InChI=1S/C16H17Cl3FNO3/c1-15(2,6-5-11(21)22)24-14(23)13-12(16(13,18)19)8-3-4-10(20)9(17)7-8/h3-4,7,12-13H,5-6H2,1-2H3,(H2,21,22)/t12-,13+/m0/s1. The minimum Gasteiger partial charge on any atom is -0.459 e. The molecule has 0 spiro atoms. The first-order valence-corrected chi connectivity index (χ1v) is 8.43. The lowest BCUT2D eigenvalue weighted by Gasteiger charge is -2.24. The number of esters is 1. The average Bonchev–Trinajstić information content (AvgIpc) is 3.02. The van der Waals surface area contributed by atoms with Gasteiger partial charge >= 0.3 is 5.97 Å². The molecule has 24 heavy (non-hydrogen) atoms. The second-order valence-corrected chi connectivity index (χ2v) is 8.30. The van der Waals surface area contributed by atoms with Gasteiger partial charge in [-0.15, -0.1) is 0 Å². The molecule has 2 rings (SSSR count). The summed E-state index contributed by atoms with van der Waals surface area (Å²) in [6.45, 7) is 3.34. The highest BCUT2D eigenvalue weighted by Gasteiger charge is 2.69. The number of primary amides is 1. The lowest BCUT2D eigenvalue weighted by atomic mass is 10.0. The number of amides is 1. The Balaban J connectivity index is 2.09. The molecule has 0 saturated heterocycles. The lowest BCUT2D eigenvalue weighted by molar-refractivity contribution is -0.159. The second-order valence-electron chi connectivity index (χ2n) is 6.45. The van der Waals surface area contributed by atoms with Gasteiger partial charge in [0.1, 0.15) is 21.7 Å². The Hall–Kier alpha value is -1.04. The maximum atomic E-state index is 13.3. The van der Waals surface area contributed by atoms with Crippen molar-refractivity contribution in [2.45, 2.75) is 42.5 Å². The van der Waals surface area contributed by atoms with Gasteiger partial charge in [-0.3, -0.25) is 9.59 Å². The number of ether oxygens (including phenoxy) is 1. The van der Waals surface area contributed by atoms with Gasteiger partial charge in [-0.1, -0.05) is 40.9 Å². The maximum absolute atomic E-state index is 13.3. The smallest absolute Gasteiger partial charge is 0.313 e. The van der Waals surface area contributed by atoms with E-state index in [1.54, 1.807) is 13.8 Å². The Morgan fingerprint density at radius 1 is 1.38 bits per heavy atom. The van der Waals surface area contributed by atoms with Crippen molar-refractivity contribution < 1.29 is 18.7 Å². The number of hydrogen-bond donors (Lipinski definition) is 1. The minimum absolute atomic E-state index is 0.0718. The molecule has 0 unspecified atom stereocenters. The van der Waals surface area contributed by atoms with E-state index >= 15 is 0 Å². The molecule has 4 nitrogen and oxygen atoms in total. The molecule has 2 atom stereocenters. The molecule has 0 aliphatic heterocycles. The first-order valence-electron chi connectivity index (χ1n) is 7.29. The van der Waals surface area contributed by atoms with Crippen molar-refractivity contribution in [1.82, 2.24) is 0 Å². The van der Waals surface area contributed by atoms with Gasteiger partial charge in [0.05, 0.1) is 5.02 Å². The predicted octanol–water partition coefficient (Wildman–Crippen LogP) is 3.95. The Morgan fingerprint density at radius 3 is 2.54 bits per heavy atom. The van der Waals surface area contributed by atoms with E-state index in [-0.39, 0.29) is 17.9 Å². The van der Waals surface area contributed by atoms with Crippen LogP contribution < -0.4 is 5.73 Å². The van der Waals surface area contributed by atoms with Crippen LogP contribution in [0.3, 0.4) is 0 Å². The van der Waals surface area contributed by atoms with Crippen LogP contribution in [-0.2, 0) is 14.3 Å². The molecule has 0 aromatic heterocycles. The number of benzene rings is 1. The summed E-state index contributed by atoms with van der Waals surface area (Å²) < 4.78 is 17.4. The summed E-state index contributed by atoms with van der Waals surface area (Å²) in [5.41, 5.74) is 4.78. The van der Waals surface area contributed by atoms with Crippen LogP contribution >= 0.6 is 34.8 Å². The van der Waals surface area contributed by atoms with Gasteiger partial charge in [-0.05, 0) is 38.0 Å². The minimum atomic E-state index is -1.35. The summed E-state index contributed by atoms with van der Waals surface area (Å²) in [4.78, 5) is 23.3. The first-order chi connectivity index (χ1) is 11.0. The molecule has 1 amide bonds. The van der Waals surface area contributed by atoms with Crippen LogP contribution in [0.5, 0.6) is 0 Å². The molecule has 8 heteroatoms. The van der Waals surface area contributed by atoms with Gasteiger partial charge in [0.2, 0.25) is 5.91 Å². The quantitative estimate of drug-likeness (QED) is 0.584. The molecule has 1 saturated carbocycles. The predicted molar refractivity (Wildman–Crippen MR) is 90.7 cm³/mol. The number of rotatable bonds is 6. The molecule has 1 fully saturated rings. The molecule has 0 bridgehead atoms. The van der Waals surface area contributed by atoms with Gasteiger partial charge in [-0.2, -0.15) is 0 Å². The highest BCUT2D eigenvalue weighted by molar-refractivity contribution is 6.53. The van der Waals surface area contributed by atoms with E-state index < -0.39 is 39.5 Å². The highest BCUT2D eigenvalue weighted by Crippen LogP contribution is 2.65. The zero-order valence-corrected chi connectivity index (χ0v) is 15.4. The molecular weight excluding hydrogens is 380 g/mol. The molecule has 1 aromatic rings. The molecule has 0 heterocycles. The summed E-state index contributed by atoms with van der Waals surface area (Å²) in [6.07, 6.45) is 0.375. The Kier molecular flexibility index (Phi) is 5.38. The van der Waals surface area contributed by atoms with Crippen LogP contribution in [0.15, 0.2) is 18.2 Å². The molecule has 1 aromatic carbocycles. The summed E-state index contributed by atoms with van der Waals surface area (Å²) in [5.74, 6) is -2.97. The fraction of sp³-hybridized carbons (Fsp3) is 0.500. The lowest BCUT2D eigenvalue weighted by Crippen LogP contribution is -2.31. The molecular formula is C16H17Cl3FNO3. The number of alkyl halides is 2.